The predicted molar refractivity (Wildman–Crippen MR) is 110 cm³/mol. The number of nitrogens with zero attached hydrogens (tertiary/aromatic N) is 4. The minimum Gasteiger partial charge on any atom is -0.474 e. The number of hydrogen-bond donors (Lipinski definition) is 2. The topological polar surface area (TPSA) is 73.7 Å². The molecule has 4 aliphatic rings. The second-order valence-electron chi connectivity index (χ2n) is 7.47. The predicted octanol–water partition coefficient (Wildman–Crippen LogP) is 1.41. The lowest BCUT2D eigenvalue weighted by Crippen LogP contribution is -2.41. The summed E-state index contributed by atoms with van der Waals surface area (Å²) in [4.78, 5) is 10.9. The molecule has 2 saturated heterocycles. The van der Waals surface area contributed by atoms with E-state index in [1.807, 2.05) is 6.07 Å². The third kappa shape index (κ3) is 3.67. The molecule has 8 nitrogen and oxygen atoms in total. The molecular weight excluding hydrogens is 375 g/mol. The number of piperidine rings is 1. The maximum absolute atomic E-state index is 15.0. The summed E-state index contributed by atoms with van der Waals surface area (Å²) in [7, 11) is 0. The molecule has 0 spiro atoms. The van der Waals surface area contributed by atoms with Crippen molar-refractivity contribution in [2.45, 2.75) is 25.1 Å². The molecule has 0 bridgehead atoms. The number of fused-ring (bicyclic) bond motifs is 1. The van der Waals surface area contributed by atoms with Gasteiger partial charge in [-0.15, -0.1) is 0 Å². The Labute approximate surface area is 169 Å². The van der Waals surface area contributed by atoms with Gasteiger partial charge in [0.1, 0.15) is 12.4 Å². The molecule has 0 aromatic heterocycles. The molecule has 4 aliphatic heterocycles. The highest BCUT2D eigenvalue weighted by Gasteiger charge is 2.35. The Morgan fingerprint density at radius 1 is 1.17 bits per heavy atom. The van der Waals surface area contributed by atoms with Crippen molar-refractivity contribution in [1.29, 1.82) is 0 Å². The van der Waals surface area contributed by atoms with Gasteiger partial charge < -0.3 is 25.1 Å². The standard InChI is InChI=1S/C20H25FN6O2/c21-17-11-14(26-7-9-28-10-8-26)1-2-18(17)27-19-16(12-25-27)20(24-13-23-19)29-15-3-5-22-6-4-15/h1-2,11-13,15,19,22,25H,3-10H2. The van der Waals surface area contributed by atoms with Gasteiger partial charge in [0.15, 0.2) is 12.0 Å². The van der Waals surface area contributed by atoms with E-state index in [4.69, 9.17) is 9.47 Å². The molecule has 0 amide bonds. The Balaban J connectivity index is 1.31. The summed E-state index contributed by atoms with van der Waals surface area (Å²) in [5.74, 6) is 0.270. The van der Waals surface area contributed by atoms with Gasteiger partial charge >= 0.3 is 0 Å². The van der Waals surface area contributed by atoms with Crippen molar-refractivity contribution in [2.75, 3.05) is 49.3 Å². The summed E-state index contributed by atoms with van der Waals surface area (Å²) in [6.45, 7) is 4.76. The monoisotopic (exact) mass is 400 g/mol. The smallest absolute Gasteiger partial charge is 0.224 e. The van der Waals surface area contributed by atoms with E-state index in [0.717, 1.165) is 50.3 Å². The SMILES string of the molecule is Fc1cc(N2CCOCC2)ccc1N1NC=C2C(OC3CCNCC3)=NC=NC21. The number of anilines is 2. The fraction of sp³-hybridized carbons (Fsp3) is 0.500. The number of hydrazine groups is 1. The number of rotatable bonds is 3. The van der Waals surface area contributed by atoms with Gasteiger partial charge in [-0.25, -0.2) is 14.4 Å². The maximum Gasteiger partial charge on any atom is 0.224 e. The highest BCUT2D eigenvalue weighted by atomic mass is 19.1. The first-order valence-electron chi connectivity index (χ1n) is 10.1. The van der Waals surface area contributed by atoms with Crippen LogP contribution < -0.4 is 20.7 Å². The van der Waals surface area contributed by atoms with Crippen molar-refractivity contribution in [1.82, 2.24) is 10.7 Å². The van der Waals surface area contributed by atoms with Crippen LogP contribution in [0.15, 0.2) is 40.0 Å². The Kier molecular flexibility index (Phi) is 5.07. The lowest BCUT2D eigenvalue weighted by molar-refractivity contribution is 0.122. The summed E-state index contributed by atoms with van der Waals surface area (Å²) in [5.41, 5.74) is 5.26. The van der Waals surface area contributed by atoms with Crippen LogP contribution in [0.1, 0.15) is 12.8 Å². The Morgan fingerprint density at radius 2 is 2.00 bits per heavy atom. The van der Waals surface area contributed by atoms with Crippen molar-refractivity contribution in [3.63, 3.8) is 0 Å². The first-order chi connectivity index (χ1) is 14.3. The van der Waals surface area contributed by atoms with Crippen LogP contribution >= 0.6 is 0 Å². The third-order valence-corrected chi connectivity index (χ3v) is 5.64. The van der Waals surface area contributed by atoms with Crippen molar-refractivity contribution < 1.29 is 13.9 Å². The van der Waals surface area contributed by atoms with Crippen molar-refractivity contribution in [2.24, 2.45) is 9.98 Å². The van der Waals surface area contributed by atoms with E-state index in [9.17, 15) is 0 Å². The van der Waals surface area contributed by atoms with Gasteiger partial charge in [-0.05, 0) is 44.1 Å². The van der Waals surface area contributed by atoms with Gasteiger partial charge in [0, 0.05) is 25.0 Å². The zero-order valence-electron chi connectivity index (χ0n) is 16.2. The van der Waals surface area contributed by atoms with Crippen LogP contribution in [0.25, 0.3) is 0 Å². The van der Waals surface area contributed by atoms with Crippen LogP contribution in [-0.4, -0.2) is 63.9 Å². The van der Waals surface area contributed by atoms with Crippen LogP contribution in [0, 0.1) is 5.82 Å². The number of morpholine rings is 1. The zero-order valence-corrected chi connectivity index (χ0v) is 16.2. The Morgan fingerprint density at radius 3 is 2.79 bits per heavy atom. The van der Waals surface area contributed by atoms with E-state index >= 15 is 4.39 Å². The molecule has 29 heavy (non-hydrogen) atoms. The number of ether oxygens (including phenoxy) is 2. The summed E-state index contributed by atoms with van der Waals surface area (Å²) in [6.07, 6.45) is 4.94. The summed E-state index contributed by atoms with van der Waals surface area (Å²) >= 11 is 0. The molecule has 9 heteroatoms. The van der Waals surface area contributed by atoms with Crippen molar-refractivity contribution >= 4 is 23.6 Å². The molecule has 4 heterocycles. The molecule has 1 aromatic rings. The normalized spacial score (nSPS) is 24.7. The van der Waals surface area contributed by atoms with E-state index in [-0.39, 0.29) is 11.9 Å². The molecule has 0 saturated carbocycles. The highest BCUT2D eigenvalue weighted by molar-refractivity contribution is 6.02. The molecule has 2 N–H and O–H groups in total. The number of nitrogens with one attached hydrogen (secondary N) is 2. The maximum atomic E-state index is 15.0. The Hall–Kier alpha value is -2.65. The molecule has 2 fully saturated rings. The average molecular weight is 400 g/mol. The first-order valence-corrected chi connectivity index (χ1v) is 10.1. The van der Waals surface area contributed by atoms with E-state index in [0.29, 0.717) is 24.8 Å². The van der Waals surface area contributed by atoms with Gasteiger partial charge in [0.2, 0.25) is 5.90 Å². The van der Waals surface area contributed by atoms with Crippen molar-refractivity contribution in [3.8, 4) is 0 Å². The lowest BCUT2D eigenvalue weighted by Gasteiger charge is -2.31. The largest absolute Gasteiger partial charge is 0.474 e. The quantitative estimate of drug-likeness (QED) is 0.799. The fourth-order valence-corrected chi connectivity index (χ4v) is 4.05. The second kappa shape index (κ2) is 8.00. The number of benzene rings is 1. The lowest BCUT2D eigenvalue weighted by atomic mass is 10.1. The molecule has 5 rings (SSSR count). The molecular formula is C20H25FN6O2. The zero-order chi connectivity index (χ0) is 19.6. The van der Waals surface area contributed by atoms with Crippen LogP contribution in [0.5, 0.6) is 0 Å². The van der Waals surface area contributed by atoms with Crippen LogP contribution in [0.2, 0.25) is 0 Å². The second-order valence-corrected chi connectivity index (χ2v) is 7.47. The fourth-order valence-electron chi connectivity index (χ4n) is 4.05. The van der Waals surface area contributed by atoms with E-state index in [2.05, 4.69) is 25.6 Å². The summed E-state index contributed by atoms with van der Waals surface area (Å²) in [6, 6.07) is 5.31. The first kappa shape index (κ1) is 18.4. The minimum absolute atomic E-state index is 0.140. The number of aliphatic imine (C=N–C) groups is 2. The molecule has 1 aromatic carbocycles. The molecule has 1 unspecified atom stereocenters. The number of hydrogen-bond acceptors (Lipinski definition) is 8. The van der Waals surface area contributed by atoms with Gasteiger partial charge in [-0.3, -0.25) is 5.01 Å². The van der Waals surface area contributed by atoms with Crippen LogP contribution in [0.4, 0.5) is 15.8 Å². The Bertz CT molecular complexity index is 845. The average Bonchev–Trinajstić information content (AvgIpc) is 3.20. The third-order valence-electron chi connectivity index (χ3n) is 5.64. The van der Waals surface area contributed by atoms with Gasteiger partial charge in [-0.1, -0.05) is 0 Å². The van der Waals surface area contributed by atoms with Crippen molar-refractivity contribution in [3.05, 3.63) is 35.8 Å². The van der Waals surface area contributed by atoms with E-state index in [1.165, 1.54) is 6.34 Å². The van der Waals surface area contributed by atoms with Gasteiger partial charge in [0.25, 0.3) is 0 Å². The number of halogens is 1. The van der Waals surface area contributed by atoms with Crippen LogP contribution in [-0.2, 0) is 9.47 Å². The van der Waals surface area contributed by atoms with E-state index in [1.54, 1.807) is 23.3 Å². The van der Waals surface area contributed by atoms with Gasteiger partial charge in [0.05, 0.1) is 24.5 Å². The summed E-state index contributed by atoms with van der Waals surface area (Å²) < 4.78 is 26.5. The summed E-state index contributed by atoms with van der Waals surface area (Å²) in [5, 5.41) is 5.04. The van der Waals surface area contributed by atoms with Crippen LogP contribution in [0.3, 0.4) is 0 Å². The highest BCUT2D eigenvalue weighted by Crippen LogP contribution is 2.31. The van der Waals surface area contributed by atoms with Gasteiger partial charge in [-0.2, -0.15) is 0 Å². The molecule has 0 radical (unpaired) electrons. The molecule has 154 valence electrons. The molecule has 1 atom stereocenters. The molecule has 0 aliphatic carbocycles. The minimum atomic E-state index is -0.395. The van der Waals surface area contributed by atoms with E-state index < -0.39 is 6.17 Å².